The third-order valence-corrected chi connectivity index (χ3v) is 17.2. The van der Waals surface area contributed by atoms with Crippen LogP contribution >= 0.6 is 0 Å². The van der Waals surface area contributed by atoms with E-state index >= 15 is 0 Å². The van der Waals surface area contributed by atoms with Gasteiger partial charge < -0.3 is 71.7 Å². The number of ether oxygens (including phenoxy) is 4. The molecule has 0 aromatic heterocycles. The average Bonchev–Trinajstić information content (AvgIpc) is 1.22. The monoisotopic (exact) mass is 1270 g/mol. The van der Waals surface area contributed by atoms with Crippen LogP contribution in [0.2, 0.25) is 0 Å². The summed E-state index contributed by atoms with van der Waals surface area (Å²) >= 11 is 0. The Balaban J connectivity index is 1.15. The number of carbonyl (C=O) groups excluding carboxylic acids is 11. The third-order valence-electron chi connectivity index (χ3n) is 17.2. The smallest absolute Gasteiger partial charge is 0.408 e. The van der Waals surface area contributed by atoms with E-state index in [0.29, 0.717) is 62.9 Å². The predicted molar refractivity (Wildman–Crippen MR) is 338 cm³/mol. The van der Waals surface area contributed by atoms with Gasteiger partial charge in [0, 0.05) is 71.7 Å². The lowest BCUT2D eigenvalue weighted by molar-refractivity contribution is -0.153. The summed E-state index contributed by atoms with van der Waals surface area (Å²) in [5.74, 6) is -5.32. The van der Waals surface area contributed by atoms with Crippen LogP contribution in [0, 0.1) is 23.7 Å². The molecule has 2 aromatic rings. The molecular formula is C65H97N11O15. The maximum absolute atomic E-state index is 14.7. The van der Waals surface area contributed by atoms with E-state index in [1.54, 1.807) is 75.9 Å². The molecular weight excluding hydrogens is 1170 g/mol. The van der Waals surface area contributed by atoms with Gasteiger partial charge in [-0.3, -0.25) is 48.1 Å². The lowest BCUT2D eigenvalue weighted by Gasteiger charge is -2.43. The van der Waals surface area contributed by atoms with Crippen molar-refractivity contribution in [1.82, 2.24) is 46.6 Å². The summed E-state index contributed by atoms with van der Waals surface area (Å²) in [5, 5.41) is 19.3. The maximum Gasteiger partial charge on any atom is 0.408 e. The number of rotatable bonds is 37. The number of likely N-dealkylation sites (tertiary alicyclic amines) is 1. The van der Waals surface area contributed by atoms with Gasteiger partial charge >= 0.3 is 12.1 Å². The van der Waals surface area contributed by atoms with Gasteiger partial charge in [-0.1, -0.05) is 104 Å². The molecule has 3 heterocycles. The van der Waals surface area contributed by atoms with Crippen LogP contribution in [0.15, 0.2) is 66.7 Å². The molecule has 91 heavy (non-hydrogen) atoms. The Morgan fingerprint density at radius 1 is 0.758 bits per heavy atom. The number of nitrogens with two attached hydrogens (primary N) is 1. The summed E-state index contributed by atoms with van der Waals surface area (Å²) in [5.41, 5.74) is 5.59. The molecule has 0 unspecified atom stereocenters. The Morgan fingerprint density at radius 3 is 2.02 bits per heavy atom. The first-order valence-electron chi connectivity index (χ1n) is 31.7. The molecule has 0 spiro atoms. The first-order valence-corrected chi connectivity index (χ1v) is 31.7. The molecule has 26 nitrogen and oxygen atoms in total. The zero-order chi connectivity index (χ0) is 67.0. The second kappa shape index (κ2) is 36.2. The van der Waals surface area contributed by atoms with E-state index in [1.807, 2.05) is 51.1 Å². The van der Waals surface area contributed by atoms with Crippen molar-refractivity contribution in [3.63, 3.8) is 0 Å². The van der Waals surface area contributed by atoms with Crippen molar-refractivity contribution in [2.75, 3.05) is 66.0 Å². The van der Waals surface area contributed by atoms with Crippen LogP contribution < -0.4 is 43.0 Å². The van der Waals surface area contributed by atoms with Crippen LogP contribution in [0.1, 0.15) is 124 Å². The van der Waals surface area contributed by atoms with E-state index in [0.717, 1.165) is 16.9 Å². The van der Waals surface area contributed by atoms with Gasteiger partial charge in [0.15, 0.2) is 5.54 Å². The van der Waals surface area contributed by atoms with Crippen molar-refractivity contribution in [1.29, 1.82) is 0 Å². The predicted octanol–water partition coefficient (Wildman–Crippen LogP) is 3.60. The van der Waals surface area contributed by atoms with E-state index in [9.17, 15) is 52.7 Å². The van der Waals surface area contributed by atoms with Crippen molar-refractivity contribution in [2.24, 2.45) is 29.4 Å². The molecule has 2 fully saturated rings. The van der Waals surface area contributed by atoms with E-state index in [1.165, 1.54) is 19.3 Å². The fourth-order valence-corrected chi connectivity index (χ4v) is 11.5. The molecule has 2 saturated heterocycles. The molecule has 26 heteroatoms. The zero-order valence-corrected chi connectivity index (χ0v) is 54.5. The Hall–Kier alpha value is -7.97. The number of carbonyl (C=O) groups is 11. The van der Waals surface area contributed by atoms with E-state index in [-0.39, 0.29) is 100 Å². The van der Waals surface area contributed by atoms with Crippen LogP contribution in [-0.2, 0) is 75.1 Å². The highest BCUT2D eigenvalue weighted by molar-refractivity contribution is 6.12. The Bertz CT molecular complexity index is 2820. The number of unbranched alkanes of at least 4 members (excludes halogenated alkanes) is 2. The molecule has 0 aliphatic carbocycles. The maximum atomic E-state index is 14.7. The summed E-state index contributed by atoms with van der Waals surface area (Å²) in [6.07, 6.45) is 4.70. The number of alkyl carbamates (subject to hydrolysis) is 1. The summed E-state index contributed by atoms with van der Waals surface area (Å²) < 4.78 is 23.0. The normalized spacial score (nSPS) is 17.7. The van der Waals surface area contributed by atoms with Gasteiger partial charge in [0.05, 0.1) is 49.8 Å². The number of methoxy groups -OCH3 is 2. The summed E-state index contributed by atoms with van der Waals surface area (Å²) in [6, 6.07) is 11.3. The van der Waals surface area contributed by atoms with E-state index < -0.39 is 95.4 Å². The van der Waals surface area contributed by atoms with Gasteiger partial charge in [0.25, 0.3) is 17.7 Å². The number of likely N-dealkylation sites (N-methyl/N-ethyl adjacent to an activating group) is 1. The molecule has 3 aliphatic rings. The van der Waals surface area contributed by atoms with Crippen LogP contribution in [0.4, 0.5) is 15.3 Å². The molecule has 3 aliphatic heterocycles. The van der Waals surface area contributed by atoms with E-state index in [2.05, 4.69) is 37.2 Å². The van der Waals surface area contributed by atoms with Gasteiger partial charge in [-0.05, 0) is 86.0 Å². The van der Waals surface area contributed by atoms with Crippen molar-refractivity contribution in [2.45, 2.75) is 174 Å². The largest absolute Gasteiger partial charge is 0.445 e. The van der Waals surface area contributed by atoms with Crippen molar-refractivity contribution in [3.8, 4) is 0 Å². The number of hydrogen-bond donors (Lipinski definition) is 8. The first-order chi connectivity index (χ1) is 43.3. The summed E-state index contributed by atoms with van der Waals surface area (Å²) in [7, 11) is 4.69. The molecule has 0 bridgehead atoms. The van der Waals surface area contributed by atoms with Crippen LogP contribution in [0.5, 0.6) is 0 Å². The van der Waals surface area contributed by atoms with Gasteiger partial charge in [-0.15, -0.1) is 0 Å². The van der Waals surface area contributed by atoms with E-state index in [4.69, 9.17) is 24.7 Å². The van der Waals surface area contributed by atoms with Crippen molar-refractivity contribution in [3.05, 3.63) is 77.9 Å². The van der Waals surface area contributed by atoms with Crippen molar-refractivity contribution < 1.29 is 71.7 Å². The number of anilines is 1. The quantitative estimate of drug-likeness (QED) is 0.0354. The summed E-state index contributed by atoms with van der Waals surface area (Å²) in [6.45, 7) is 13.4. The standard InChI is InChI=1S/C65H97N11O15/c1-11-42(6)56(49(88-9)36-53(80)75-35-19-23-48(75)57(89-10)43(7)58(81)67-33-31-44-20-14-12-15-21-44)74(8)61(84)55(41(4)5)72-62(85)65(38-90-39-65)73-64(87)91-37-45-25-27-46(28-26-45)69-59(82)47(22-18-32-68-63(66)86)70-60(83)54(40(2)3)71-50(77)24-16-13-17-34-76-51(78)29-30-52(76)79/h12,14-15,20-21,25-30,40-43,47-49,54-57H,11,13,16-19,22-24,31-39H2,1-10H3,(H,67,81)(H,69,82)(H,70,83)(H,71,77)(H,72,85)(H,73,87)(H3,66,68,86)/t42-,43+,47-,48-,49+,54-,55-,56-,57+/m0/s1. The number of benzene rings is 2. The second-order valence-corrected chi connectivity index (χ2v) is 24.5. The molecule has 9 atom stereocenters. The molecule has 5 rings (SSSR count). The minimum absolute atomic E-state index is 0.0637. The van der Waals surface area contributed by atoms with Crippen molar-refractivity contribution >= 4 is 71.0 Å². The number of hydrogen-bond acceptors (Lipinski definition) is 15. The second-order valence-electron chi connectivity index (χ2n) is 24.5. The highest BCUT2D eigenvalue weighted by Gasteiger charge is 2.50. The van der Waals surface area contributed by atoms with Crippen LogP contribution in [0.25, 0.3) is 0 Å². The molecule has 2 aromatic carbocycles. The number of imide groups is 1. The molecule has 0 saturated carbocycles. The number of nitrogens with one attached hydrogen (secondary N) is 7. The number of nitrogens with zero attached hydrogens (tertiary/aromatic N) is 3. The zero-order valence-electron chi connectivity index (χ0n) is 54.5. The van der Waals surface area contributed by atoms with Crippen LogP contribution in [-0.4, -0.2) is 189 Å². The fourth-order valence-electron chi connectivity index (χ4n) is 11.5. The lowest BCUT2D eigenvalue weighted by Crippen LogP contribution is -2.72. The van der Waals surface area contributed by atoms with Gasteiger partial charge in [0.2, 0.25) is 35.4 Å². The Kier molecular flexibility index (Phi) is 29.3. The molecule has 502 valence electrons. The summed E-state index contributed by atoms with van der Waals surface area (Å²) in [4.78, 5) is 150. The molecule has 9 N–H and O–H groups in total. The lowest BCUT2D eigenvalue weighted by atomic mass is 9.89. The number of primary amides is 1. The topological polar surface area (TPSA) is 345 Å². The van der Waals surface area contributed by atoms with Gasteiger partial charge in [-0.25, -0.2) is 9.59 Å². The Morgan fingerprint density at radius 2 is 1.43 bits per heavy atom. The van der Waals surface area contributed by atoms with Crippen LogP contribution in [0.3, 0.4) is 0 Å². The first kappa shape index (κ1) is 73.8. The molecule has 0 radical (unpaired) electrons. The highest BCUT2D eigenvalue weighted by Crippen LogP contribution is 2.30. The van der Waals surface area contributed by atoms with Gasteiger partial charge in [-0.2, -0.15) is 0 Å². The fraction of sp³-hybridized carbons (Fsp3) is 0.615. The SMILES string of the molecule is CC[C@H](C)[C@@H]([C@@H](CC(=O)N1CCC[C@H]1[C@H](OC)[C@@H](C)C(=O)NCCc1ccccc1)OC)N(C)C(=O)[C@@H](NC(=O)C1(NC(=O)OCc2ccc(NC(=O)[C@H](CCCNC(N)=O)NC(=O)[C@@H](NC(=O)CCCCCN3C(=O)C=CC3=O)C(C)C)cc2)COC1)C(C)C. The Labute approximate surface area is 534 Å². The molecule has 12 amide bonds. The minimum atomic E-state index is -1.58. The minimum Gasteiger partial charge on any atom is -0.445 e. The van der Waals surface area contributed by atoms with Gasteiger partial charge in [0.1, 0.15) is 24.7 Å². The highest BCUT2D eigenvalue weighted by atomic mass is 16.6. The third kappa shape index (κ3) is 21.6. The average molecular weight is 1270 g/mol. The number of amides is 12. The number of urea groups is 1.